The van der Waals surface area contributed by atoms with E-state index in [1.54, 1.807) is 0 Å². The Morgan fingerprint density at radius 2 is 2.47 bits per heavy atom. The standard InChI is InChI=1S/C8H15N3O3S/c1-3-11-7(13)9-10-8(11)15-5-6(12)4-14-2/h6,12H,3-5H2,1-2H3,(H,9,13). The summed E-state index contributed by atoms with van der Waals surface area (Å²) >= 11 is 1.33. The number of aromatic amines is 1. The Balaban J connectivity index is 2.53. The van der Waals surface area contributed by atoms with Crippen LogP contribution in [-0.2, 0) is 11.3 Å². The molecule has 6 nitrogen and oxygen atoms in total. The van der Waals surface area contributed by atoms with Crippen molar-refractivity contribution >= 4 is 11.8 Å². The van der Waals surface area contributed by atoms with Crippen molar-refractivity contribution < 1.29 is 9.84 Å². The normalized spacial score (nSPS) is 13.0. The largest absolute Gasteiger partial charge is 0.390 e. The Kier molecular flexibility index (Phi) is 4.86. The molecule has 1 aromatic heterocycles. The summed E-state index contributed by atoms with van der Waals surface area (Å²) in [6.07, 6.45) is -0.544. The van der Waals surface area contributed by atoms with Crippen LogP contribution in [0.4, 0.5) is 0 Å². The topological polar surface area (TPSA) is 80.1 Å². The minimum Gasteiger partial charge on any atom is -0.390 e. The van der Waals surface area contributed by atoms with Gasteiger partial charge in [0.15, 0.2) is 5.16 Å². The third kappa shape index (κ3) is 3.37. The molecule has 0 spiro atoms. The first kappa shape index (κ1) is 12.3. The number of nitrogens with one attached hydrogen (secondary N) is 1. The third-order valence-electron chi connectivity index (χ3n) is 1.80. The Morgan fingerprint density at radius 1 is 1.73 bits per heavy atom. The summed E-state index contributed by atoms with van der Waals surface area (Å²) in [7, 11) is 1.53. The summed E-state index contributed by atoms with van der Waals surface area (Å²) in [5.41, 5.74) is -0.221. The average molecular weight is 233 g/mol. The molecule has 0 radical (unpaired) electrons. The van der Waals surface area contributed by atoms with E-state index in [9.17, 15) is 9.90 Å². The predicted molar refractivity (Wildman–Crippen MR) is 57.1 cm³/mol. The minimum atomic E-state index is -0.544. The predicted octanol–water partition coefficient (Wildman–Crippen LogP) is -0.309. The van der Waals surface area contributed by atoms with Crippen molar-refractivity contribution in [2.75, 3.05) is 19.5 Å². The molecule has 2 N–H and O–H groups in total. The maximum absolute atomic E-state index is 11.2. The number of aliphatic hydroxyl groups excluding tert-OH is 1. The number of nitrogens with zero attached hydrogens (tertiary/aromatic N) is 2. The number of rotatable bonds is 6. The van der Waals surface area contributed by atoms with Crippen molar-refractivity contribution in [3.63, 3.8) is 0 Å². The van der Waals surface area contributed by atoms with Crippen LogP contribution in [0.5, 0.6) is 0 Å². The van der Waals surface area contributed by atoms with Gasteiger partial charge in [0.2, 0.25) is 0 Å². The fraction of sp³-hybridized carbons (Fsp3) is 0.750. The molecule has 0 saturated carbocycles. The van der Waals surface area contributed by atoms with E-state index in [1.807, 2.05) is 6.92 Å². The summed E-state index contributed by atoms with van der Waals surface area (Å²) in [6, 6.07) is 0. The molecule has 0 aliphatic rings. The van der Waals surface area contributed by atoms with Gasteiger partial charge < -0.3 is 9.84 Å². The maximum atomic E-state index is 11.2. The lowest BCUT2D eigenvalue weighted by molar-refractivity contribution is 0.0793. The van der Waals surface area contributed by atoms with E-state index in [2.05, 4.69) is 10.2 Å². The average Bonchev–Trinajstić information content (AvgIpc) is 2.56. The molecule has 1 heterocycles. The molecule has 86 valence electrons. The van der Waals surface area contributed by atoms with Gasteiger partial charge in [0.1, 0.15) is 0 Å². The van der Waals surface area contributed by atoms with E-state index in [1.165, 1.54) is 23.4 Å². The maximum Gasteiger partial charge on any atom is 0.343 e. The Morgan fingerprint density at radius 3 is 3.07 bits per heavy atom. The number of ether oxygens (including phenoxy) is 1. The molecule has 1 rings (SSSR count). The van der Waals surface area contributed by atoms with Gasteiger partial charge in [-0.2, -0.15) is 0 Å². The van der Waals surface area contributed by atoms with Crippen LogP contribution in [-0.4, -0.2) is 45.4 Å². The van der Waals surface area contributed by atoms with Crippen molar-refractivity contribution in [2.24, 2.45) is 0 Å². The fourth-order valence-corrected chi connectivity index (χ4v) is 2.02. The van der Waals surface area contributed by atoms with Crippen molar-refractivity contribution in [1.82, 2.24) is 14.8 Å². The Hall–Kier alpha value is -0.790. The molecule has 15 heavy (non-hydrogen) atoms. The quantitative estimate of drug-likeness (QED) is 0.659. The highest BCUT2D eigenvalue weighted by Crippen LogP contribution is 2.14. The van der Waals surface area contributed by atoms with Crippen molar-refractivity contribution in [3.05, 3.63) is 10.5 Å². The number of aromatic nitrogens is 3. The smallest absolute Gasteiger partial charge is 0.343 e. The van der Waals surface area contributed by atoms with Crippen molar-refractivity contribution in [1.29, 1.82) is 0 Å². The summed E-state index contributed by atoms with van der Waals surface area (Å²) < 4.78 is 6.31. The molecule has 0 aromatic carbocycles. The van der Waals surface area contributed by atoms with E-state index >= 15 is 0 Å². The zero-order valence-corrected chi connectivity index (χ0v) is 9.58. The first-order valence-electron chi connectivity index (χ1n) is 4.64. The van der Waals surface area contributed by atoms with Gasteiger partial charge >= 0.3 is 5.69 Å². The summed E-state index contributed by atoms with van der Waals surface area (Å²) in [5, 5.41) is 16.2. The summed E-state index contributed by atoms with van der Waals surface area (Å²) in [5.74, 6) is 0.456. The number of H-pyrrole nitrogens is 1. The van der Waals surface area contributed by atoms with Gasteiger partial charge in [-0.1, -0.05) is 11.8 Å². The van der Waals surface area contributed by atoms with Gasteiger partial charge in [-0.05, 0) is 6.92 Å². The van der Waals surface area contributed by atoms with Crippen LogP contribution in [0.25, 0.3) is 0 Å². The molecule has 0 fully saturated rings. The van der Waals surface area contributed by atoms with Crippen LogP contribution >= 0.6 is 11.8 Å². The van der Waals surface area contributed by atoms with Gasteiger partial charge in [0.25, 0.3) is 0 Å². The minimum absolute atomic E-state index is 0.221. The molecule has 0 bridgehead atoms. The van der Waals surface area contributed by atoms with Crippen molar-refractivity contribution in [2.45, 2.75) is 24.7 Å². The van der Waals surface area contributed by atoms with Crippen LogP contribution in [0.1, 0.15) is 6.92 Å². The highest BCUT2D eigenvalue weighted by atomic mass is 32.2. The second-order valence-electron chi connectivity index (χ2n) is 2.98. The van der Waals surface area contributed by atoms with Crippen LogP contribution in [0.2, 0.25) is 0 Å². The molecule has 1 atom stereocenters. The third-order valence-corrected chi connectivity index (χ3v) is 2.92. The molecular formula is C8H15N3O3S. The van der Waals surface area contributed by atoms with Crippen molar-refractivity contribution in [3.8, 4) is 0 Å². The summed E-state index contributed by atoms with van der Waals surface area (Å²) in [6.45, 7) is 2.72. The molecular weight excluding hydrogens is 218 g/mol. The van der Waals surface area contributed by atoms with E-state index in [0.717, 1.165) is 0 Å². The lowest BCUT2D eigenvalue weighted by Crippen LogP contribution is -2.19. The zero-order valence-electron chi connectivity index (χ0n) is 8.77. The molecule has 0 amide bonds. The molecule has 0 aliphatic carbocycles. The monoisotopic (exact) mass is 233 g/mol. The van der Waals surface area contributed by atoms with Crippen LogP contribution < -0.4 is 5.69 Å². The second kappa shape index (κ2) is 5.94. The van der Waals surface area contributed by atoms with Crippen LogP contribution in [0, 0.1) is 0 Å². The van der Waals surface area contributed by atoms with Gasteiger partial charge in [0.05, 0.1) is 12.7 Å². The Labute approximate surface area is 91.6 Å². The number of thioether (sulfide) groups is 1. The van der Waals surface area contributed by atoms with Gasteiger partial charge in [-0.25, -0.2) is 9.89 Å². The van der Waals surface area contributed by atoms with Crippen LogP contribution in [0.3, 0.4) is 0 Å². The van der Waals surface area contributed by atoms with Gasteiger partial charge in [0, 0.05) is 19.4 Å². The molecule has 0 saturated heterocycles. The zero-order chi connectivity index (χ0) is 11.3. The second-order valence-corrected chi connectivity index (χ2v) is 3.96. The molecule has 1 unspecified atom stereocenters. The highest BCUT2D eigenvalue weighted by Gasteiger charge is 2.10. The van der Waals surface area contributed by atoms with Gasteiger partial charge in [-0.15, -0.1) is 5.10 Å². The van der Waals surface area contributed by atoms with E-state index in [0.29, 0.717) is 17.5 Å². The fourth-order valence-electron chi connectivity index (χ4n) is 1.10. The lowest BCUT2D eigenvalue weighted by Gasteiger charge is -2.08. The summed E-state index contributed by atoms with van der Waals surface area (Å²) in [4.78, 5) is 11.2. The van der Waals surface area contributed by atoms with Crippen LogP contribution in [0.15, 0.2) is 9.95 Å². The molecule has 1 aromatic rings. The first-order valence-corrected chi connectivity index (χ1v) is 5.62. The Bertz CT molecular complexity index is 349. The SMILES string of the molecule is CCn1c(SCC(O)COC)n[nH]c1=O. The first-order chi connectivity index (χ1) is 7.19. The highest BCUT2D eigenvalue weighted by molar-refractivity contribution is 7.99. The van der Waals surface area contributed by atoms with E-state index in [-0.39, 0.29) is 12.3 Å². The van der Waals surface area contributed by atoms with Gasteiger partial charge in [-0.3, -0.25) is 4.57 Å². The van der Waals surface area contributed by atoms with E-state index in [4.69, 9.17) is 4.74 Å². The molecule has 0 aliphatic heterocycles. The number of hydrogen-bond acceptors (Lipinski definition) is 5. The number of methoxy groups -OCH3 is 1. The molecule has 7 heteroatoms. The van der Waals surface area contributed by atoms with E-state index < -0.39 is 6.10 Å². The number of aliphatic hydroxyl groups is 1. The number of hydrogen-bond donors (Lipinski definition) is 2. The lowest BCUT2D eigenvalue weighted by atomic mass is 10.4.